The van der Waals surface area contributed by atoms with Crippen LogP contribution in [0.15, 0.2) is 18.2 Å². The number of benzene rings is 1. The third kappa shape index (κ3) is 2.36. The first kappa shape index (κ1) is 11.8. The maximum absolute atomic E-state index is 13.6. The summed E-state index contributed by atoms with van der Waals surface area (Å²) in [7, 11) is 0. The molecule has 1 unspecified atom stereocenters. The van der Waals surface area contributed by atoms with Crippen molar-refractivity contribution in [2.45, 2.75) is 6.04 Å². The van der Waals surface area contributed by atoms with Crippen LogP contribution < -0.4 is 10.2 Å². The molecule has 1 saturated heterocycles. The van der Waals surface area contributed by atoms with E-state index in [1.807, 2.05) is 0 Å². The van der Waals surface area contributed by atoms with E-state index in [0.29, 0.717) is 13.1 Å². The predicted octanol–water partition coefficient (Wildman–Crippen LogP) is 0.828. The van der Waals surface area contributed by atoms with E-state index in [9.17, 15) is 13.6 Å². The molecule has 92 valence electrons. The number of anilines is 1. The molecule has 0 radical (unpaired) electrons. The van der Waals surface area contributed by atoms with Crippen LogP contribution in [0.5, 0.6) is 0 Å². The topological polar surface area (TPSA) is 52.6 Å². The Hall–Kier alpha value is -1.69. The highest BCUT2D eigenvalue weighted by molar-refractivity contribution is 5.79. The van der Waals surface area contributed by atoms with E-state index in [1.165, 1.54) is 11.0 Å². The first-order chi connectivity index (χ1) is 8.09. The van der Waals surface area contributed by atoms with Crippen LogP contribution >= 0.6 is 0 Å². The van der Waals surface area contributed by atoms with Gasteiger partial charge in [0.2, 0.25) is 0 Å². The monoisotopic (exact) mass is 242 g/mol. The number of nitrogens with one attached hydrogen (secondary N) is 1. The van der Waals surface area contributed by atoms with E-state index in [-0.39, 0.29) is 12.2 Å². The molecule has 6 heteroatoms. The standard InChI is InChI=1S/C11H12F2N2O2/c12-7-1-2-9(8(13)5-7)15-4-3-14-6-10(15)11(16)17/h1-2,5,10,14H,3-4,6H2,(H,16,17). The van der Waals surface area contributed by atoms with Crippen LogP contribution in [0.4, 0.5) is 14.5 Å². The minimum Gasteiger partial charge on any atom is -0.480 e. The fourth-order valence-electron chi connectivity index (χ4n) is 1.93. The summed E-state index contributed by atoms with van der Waals surface area (Å²) >= 11 is 0. The Bertz CT molecular complexity index is 439. The number of rotatable bonds is 2. The predicted molar refractivity (Wildman–Crippen MR) is 58.0 cm³/mol. The fourth-order valence-corrected chi connectivity index (χ4v) is 1.93. The van der Waals surface area contributed by atoms with E-state index in [4.69, 9.17) is 5.11 Å². The van der Waals surface area contributed by atoms with Crippen LogP contribution in [0.2, 0.25) is 0 Å². The van der Waals surface area contributed by atoms with Crippen molar-refractivity contribution in [3.63, 3.8) is 0 Å². The van der Waals surface area contributed by atoms with Crippen LogP contribution in [-0.2, 0) is 4.79 Å². The summed E-state index contributed by atoms with van der Waals surface area (Å²) in [6.45, 7) is 1.19. The molecule has 0 bridgehead atoms. The number of carbonyl (C=O) groups is 1. The van der Waals surface area contributed by atoms with Gasteiger partial charge in [-0.25, -0.2) is 13.6 Å². The minimum absolute atomic E-state index is 0.125. The number of aliphatic carboxylic acids is 1. The van der Waals surface area contributed by atoms with Crippen molar-refractivity contribution in [2.24, 2.45) is 0 Å². The van der Waals surface area contributed by atoms with Gasteiger partial charge in [0.25, 0.3) is 0 Å². The molecule has 0 spiro atoms. The Labute approximate surface area is 96.8 Å². The first-order valence-corrected chi connectivity index (χ1v) is 5.25. The van der Waals surface area contributed by atoms with Gasteiger partial charge >= 0.3 is 5.97 Å². The van der Waals surface area contributed by atoms with Crippen LogP contribution in [0.1, 0.15) is 0 Å². The molecule has 17 heavy (non-hydrogen) atoms. The Morgan fingerprint density at radius 3 is 2.88 bits per heavy atom. The lowest BCUT2D eigenvalue weighted by Gasteiger charge is -2.35. The number of carboxylic acids is 1. The molecule has 0 aromatic heterocycles. The molecule has 0 aliphatic carbocycles. The van der Waals surface area contributed by atoms with Crippen molar-refractivity contribution in [1.82, 2.24) is 5.32 Å². The van der Waals surface area contributed by atoms with Gasteiger partial charge in [-0.1, -0.05) is 0 Å². The quantitative estimate of drug-likeness (QED) is 0.806. The summed E-state index contributed by atoms with van der Waals surface area (Å²) in [5.74, 6) is -2.44. The second kappa shape index (κ2) is 4.67. The molecule has 0 amide bonds. The van der Waals surface area contributed by atoms with Gasteiger partial charge in [-0.2, -0.15) is 0 Å². The Kier molecular flexibility index (Phi) is 3.23. The summed E-state index contributed by atoms with van der Waals surface area (Å²) in [6, 6.07) is 2.32. The summed E-state index contributed by atoms with van der Waals surface area (Å²) in [4.78, 5) is 12.5. The van der Waals surface area contributed by atoms with E-state index < -0.39 is 23.6 Å². The van der Waals surface area contributed by atoms with Crippen LogP contribution in [-0.4, -0.2) is 36.8 Å². The molecule has 1 aliphatic heterocycles. The van der Waals surface area contributed by atoms with Gasteiger partial charge in [-0.05, 0) is 12.1 Å². The van der Waals surface area contributed by atoms with Crippen LogP contribution in [0.3, 0.4) is 0 Å². The van der Waals surface area contributed by atoms with Gasteiger partial charge < -0.3 is 15.3 Å². The molecule has 1 aromatic rings. The maximum Gasteiger partial charge on any atom is 0.327 e. The highest BCUT2D eigenvalue weighted by atomic mass is 19.1. The lowest BCUT2D eigenvalue weighted by atomic mass is 10.1. The first-order valence-electron chi connectivity index (χ1n) is 5.25. The SMILES string of the molecule is O=C(O)C1CNCCN1c1ccc(F)cc1F. The van der Waals surface area contributed by atoms with Gasteiger partial charge in [0.15, 0.2) is 0 Å². The van der Waals surface area contributed by atoms with Crippen molar-refractivity contribution >= 4 is 11.7 Å². The molecule has 1 aliphatic rings. The van der Waals surface area contributed by atoms with Crippen LogP contribution in [0, 0.1) is 11.6 Å². The zero-order valence-corrected chi connectivity index (χ0v) is 8.99. The van der Waals surface area contributed by atoms with Crippen molar-refractivity contribution in [3.8, 4) is 0 Å². The number of hydrogen-bond acceptors (Lipinski definition) is 3. The number of hydrogen-bond donors (Lipinski definition) is 2. The van der Waals surface area contributed by atoms with E-state index >= 15 is 0 Å². The Balaban J connectivity index is 2.32. The number of piperazine rings is 1. The summed E-state index contributed by atoms with van der Waals surface area (Å²) in [5.41, 5.74) is 0.125. The van der Waals surface area contributed by atoms with E-state index in [2.05, 4.69) is 5.32 Å². The largest absolute Gasteiger partial charge is 0.480 e. The Morgan fingerprint density at radius 1 is 1.47 bits per heavy atom. The molecular weight excluding hydrogens is 230 g/mol. The van der Waals surface area contributed by atoms with Crippen LogP contribution in [0.25, 0.3) is 0 Å². The van der Waals surface area contributed by atoms with Gasteiger partial charge in [0.05, 0.1) is 5.69 Å². The molecule has 2 N–H and O–H groups in total. The lowest BCUT2D eigenvalue weighted by Crippen LogP contribution is -2.55. The van der Waals surface area contributed by atoms with Crippen molar-refractivity contribution in [3.05, 3.63) is 29.8 Å². The van der Waals surface area contributed by atoms with Gasteiger partial charge in [-0.3, -0.25) is 0 Å². The summed E-state index contributed by atoms with van der Waals surface area (Å²) < 4.78 is 26.4. The number of carboxylic acid groups (broad SMARTS) is 1. The van der Waals surface area contributed by atoms with E-state index in [1.54, 1.807) is 0 Å². The van der Waals surface area contributed by atoms with Gasteiger partial charge in [0.1, 0.15) is 17.7 Å². The maximum atomic E-state index is 13.6. The molecule has 1 aromatic carbocycles. The normalized spacial score (nSPS) is 20.4. The second-order valence-electron chi connectivity index (χ2n) is 3.85. The highest BCUT2D eigenvalue weighted by Gasteiger charge is 2.29. The molecule has 1 heterocycles. The third-order valence-corrected chi connectivity index (χ3v) is 2.75. The van der Waals surface area contributed by atoms with Gasteiger partial charge in [-0.15, -0.1) is 0 Å². The third-order valence-electron chi connectivity index (χ3n) is 2.75. The number of nitrogens with zero attached hydrogens (tertiary/aromatic N) is 1. The summed E-state index contributed by atoms with van der Waals surface area (Å²) in [5, 5.41) is 12.0. The molecule has 1 atom stereocenters. The molecule has 1 fully saturated rings. The van der Waals surface area contributed by atoms with Crippen molar-refractivity contribution in [1.29, 1.82) is 0 Å². The minimum atomic E-state index is -1.03. The average Bonchev–Trinajstić information content (AvgIpc) is 2.29. The fraction of sp³-hybridized carbons (Fsp3) is 0.364. The molecule has 0 saturated carbocycles. The smallest absolute Gasteiger partial charge is 0.327 e. The number of halogens is 2. The molecule has 4 nitrogen and oxygen atoms in total. The molecule has 2 rings (SSSR count). The molecular formula is C11H12F2N2O2. The average molecular weight is 242 g/mol. The summed E-state index contributed by atoms with van der Waals surface area (Å²) in [6.07, 6.45) is 0. The van der Waals surface area contributed by atoms with Gasteiger partial charge in [0, 0.05) is 25.7 Å². The van der Waals surface area contributed by atoms with Crippen molar-refractivity contribution < 1.29 is 18.7 Å². The second-order valence-corrected chi connectivity index (χ2v) is 3.85. The lowest BCUT2D eigenvalue weighted by molar-refractivity contribution is -0.138. The Morgan fingerprint density at radius 2 is 2.24 bits per heavy atom. The zero-order valence-electron chi connectivity index (χ0n) is 8.99. The van der Waals surface area contributed by atoms with E-state index in [0.717, 1.165) is 12.1 Å². The highest BCUT2D eigenvalue weighted by Crippen LogP contribution is 2.23. The van der Waals surface area contributed by atoms with Crippen molar-refractivity contribution in [2.75, 3.05) is 24.5 Å². The zero-order chi connectivity index (χ0) is 12.4.